The molecular formula is C29H30N2. The maximum atomic E-state index is 6.28. The minimum absolute atomic E-state index is 0.459. The lowest BCUT2D eigenvalue weighted by Gasteiger charge is -2.37. The van der Waals surface area contributed by atoms with Gasteiger partial charge in [-0.15, -0.1) is 0 Å². The van der Waals surface area contributed by atoms with Gasteiger partial charge in [0.15, 0.2) is 0 Å². The summed E-state index contributed by atoms with van der Waals surface area (Å²) < 4.78 is 0. The topological polar surface area (TPSA) is 29.3 Å². The maximum absolute atomic E-state index is 6.28. The maximum Gasteiger partial charge on any atom is 0.0702 e. The van der Waals surface area contributed by atoms with E-state index in [0.29, 0.717) is 0 Å². The number of nitrogens with two attached hydrogens (primary N) is 1. The molecule has 0 amide bonds. The van der Waals surface area contributed by atoms with Gasteiger partial charge in [-0.2, -0.15) is 0 Å². The summed E-state index contributed by atoms with van der Waals surface area (Å²) in [6.45, 7) is 6.38. The van der Waals surface area contributed by atoms with Crippen LogP contribution in [-0.4, -0.2) is 13.1 Å². The molecule has 2 N–H and O–H groups in total. The molecule has 0 heterocycles. The van der Waals surface area contributed by atoms with E-state index in [0.717, 1.165) is 18.8 Å². The van der Waals surface area contributed by atoms with E-state index < -0.39 is 5.41 Å². The molecular weight excluding hydrogens is 376 g/mol. The molecule has 0 radical (unpaired) electrons. The van der Waals surface area contributed by atoms with Gasteiger partial charge in [0, 0.05) is 24.5 Å². The molecule has 4 aromatic rings. The zero-order valence-corrected chi connectivity index (χ0v) is 18.3. The third-order valence-electron chi connectivity index (χ3n) is 6.16. The van der Waals surface area contributed by atoms with Gasteiger partial charge in [0.05, 0.1) is 5.41 Å². The minimum Gasteiger partial charge on any atom is -0.399 e. The van der Waals surface area contributed by atoms with Crippen LogP contribution in [-0.2, 0) is 5.41 Å². The van der Waals surface area contributed by atoms with E-state index in [2.05, 4.69) is 122 Å². The first-order valence-corrected chi connectivity index (χ1v) is 11.0. The molecule has 0 unspecified atom stereocenters. The van der Waals surface area contributed by atoms with Crippen LogP contribution in [0.4, 0.5) is 11.4 Å². The summed E-state index contributed by atoms with van der Waals surface area (Å²) in [4.78, 5) is 2.37. The van der Waals surface area contributed by atoms with Gasteiger partial charge in [-0.1, -0.05) is 84.9 Å². The summed E-state index contributed by atoms with van der Waals surface area (Å²) in [5.74, 6) is 0. The number of nitrogens with zero attached hydrogens (tertiary/aromatic N) is 1. The molecule has 0 aromatic heterocycles. The SMILES string of the molecule is CCN(CC)c1ccc(C(c2ccccc2)(c2ccccc2)c2cccc(N)c2)cc1. The molecule has 0 aliphatic heterocycles. The van der Waals surface area contributed by atoms with Crippen LogP contribution in [0.5, 0.6) is 0 Å². The van der Waals surface area contributed by atoms with Gasteiger partial charge in [-0.3, -0.25) is 0 Å². The molecule has 4 rings (SSSR count). The highest BCUT2D eigenvalue weighted by molar-refractivity contribution is 5.63. The van der Waals surface area contributed by atoms with Crippen LogP contribution in [0.15, 0.2) is 109 Å². The smallest absolute Gasteiger partial charge is 0.0702 e. The largest absolute Gasteiger partial charge is 0.399 e. The molecule has 0 saturated heterocycles. The van der Waals surface area contributed by atoms with Crippen molar-refractivity contribution in [3.8, 4) is 0 Å². The van der Waals surface area contributed by atoms with Gasteiger partial charge in [0.1, 0.15) is 0 Å². The predicted octanol–water partition coefficient (Wildman–Crippen LogP) is 6.50. The van der Waals surface area contributed by atoms with E-state index in [-0.39, 0.29) is 0 Å². The van der Waals surface area contributed by atoms with Crippen LogP contribution in [0.2, 0.25) is 0 Å². The van der Waals surface area contributed by atoms with E-state index in [9.17, 15) is 0 Å². The Labute approximate surface area is 186 Å². The molecule has 156 valence electrons. The second kappa shape index (κ2) is 9.09. The van der Waals surface area contributed by atoms with E-state index in [1.165, 1.54) is 27.9 Å². The number of nitrogen functional groups attached to an aromatic ring is 1. The van der Waals surface area contributed by atoms with Crippen molar-refractivity contribution < 1.29 is 0 Å². The Morgan fingerprint density at radius 1 is 0.581 bits per heavy atom. The third-order valence-corrected chi connectivity index (χ3v) is 6.16. The fraction of sp³-hybridized carbons (Fsp3) is 0.172. The van der Waals surface area contributed by atoms with Gasteiger partial charge in [0.25, 0.3) is 0 Å². The van der Waals surface area contributed by atoms with Crippen molar-refractivity contribution in [3.63, 3.8) is 0 Å². The van der Waals surface area contributed by atoms with Crippen molar-refractivity contribution in [2.24, 2.45) is 0 Å². The number of rotatable bonds is 7. The molecule has 4 aromatic carbocycles. The normalized spacial score (nSPS) is 11.3. The standard InChI is InChI=1S/C29H30N2/c1-3-31(4-2)28-20-18-25(19-21-28)29(23-12-7-5-8-13-23,24-14-9-6-10-15-24)26-16-11-17-27(30)22-26/h5-22H,3-4,30H2,1-2H3. The molecule has 2 heteroatoms. The molecule has 2 nitrogen and oxygen atoms in total. The van der Waals surface area contributed by atoms with Crippen molar-refractivity contribution in [2.45, 2.75) is 19.3 Å². The summed E-state index contributed by atoms with van der Waals surface area (Å²) in [7, 11) is 0. The van der Waals surface area contributed by atoms with E-state index in [1.54, 1.807) is 0 Å². The lowest BCUT2D eigenvalue weighted by Crippen LogP contribution is -2.31. The Morgan fingerprint density at radius 3 is 1.55 bits per heavy atom. The Balaban J connectivity index is 2.03. The van der Waals surface area contributed by atoms with Crippen LogP contribution in [0.1, 0.15) is 36.1 Å². The third kappa shape index (κ3) is 3.82. The Morgan fingerprint density at radius 2 is 1.06 bits per heavy atom. The molecule has 0 aliphatic carbocycles. The van der Waals surface area contributed by atoms with Gasteiger partial charge >= 0.3 is 0 Å². The molecule has 0 aliphatic rings. The molecule has 0 bridgehead atoms. The van der Waals surface area contributed by atoms with E-state index >= 15 is 0 Å². The fourth-order valence-electron chi connectivity index (χ4n) is 4.66. The van der Waals surface area contributed by atoms with Gasteiger partial charge in [0.2, 0.25) is 0 Å². The molecule has 0 atom stereocenters. The molecule has 0 saturated carbocycles. The predicted molar refractivity (Wildman–Crippen MR) is 133 cm³/mol. The quantitative estimate of drug-likeness (QED) is 0.280. The molecule has 31 heavy (non-hydrogen) atoms. The van der Waals surface area contributed by atoms with Crippen LogP contribution in [0.3, 0.4) is 0 Å². The van der Waals surface area contributed by atoms with Crippen molar-refractivity contribution >= 4 is 11.4 Å². The highest BCUT2D eigenvalue weighted by Crippen LogP contribution is 2.45. The lowest BCUT2D eigenvalue weighted by molar-refractivity contribution is 0.744. The second-order valence-corrected chi connectivity index (χ2v) is 7.83. The summed E-state index contributed by atoms with van der Waals surface area (Å²) >= 11 is 0. The molecule has 0 spiro atoms. The zero-order valence-electron chi connectivity index (χ0n) is 18.3. The van der Waals surface area contributed by atoms with Crippen molar-refractivity contribution in [3.05, 3.63) is 131 Å². The van der Waals surface area contributed by atoms with Crippen LogP contribution >= 0.6 is 0 Å². The summed E-state index contributed by atoms with van der Waals surface area (Å²) in [6.07, 6.45) is 0. The Bertz CT molecular complexity index is 1060. The summed E-state index contributed by atoms with van der Waals surface area (Å²) in [5, 5.41) is 0. The average molecular weight is 407 g/mol. The number of benzene rings is 4. The van der Waals surface area contributed by atoms with E-state index in [1.807, 2.05) is 6.07 Å². The fourth-order valence-corrected chi connectivity index (χ4v) is 4.66. The first-order valence-electron chi connectivity index (χ1n) is 11.0. The monoisotopic (exact) mass is 406 g/mol. The summed E-state index contributed by atoms with van der Waals surface area (Å²) in [6, 6.07) is 38.8. The highest BCUT2D eigenvalue weighted by atomic mass is 15.1. The van der Waals surface area contributed by atoms with Crippen molar-refractivity contribution in [1.29, 1.82) is 0 Å². The highest BCUT2D eigenvalue weighted by Gasteiger charge is 2.38. The second-order valence-electron chi connectivity index (χ2n) is 7.83. The van der Waals surface area contributed by atoms with Gasteiger partial charge in [-0.25, -0.2) is 0 Å². The Hall–Kier alpha value is -3.52. The summed E-state index contributed by atoms with van der Waals surface area (Å²) in [5.41, 5.74) is 12.7. The van der Waals surface area contributed by atoms with Crippen LogP contribution < -0.4 is 10.6 Å². The first kappa shape index (κ1) is 20.7. The zero-order chi connectivity index (χ0) is 21.7. The van der Waals surface area contributed by atoms with Gasteiger partial charge < -0.3 is 10.6 Å². The number of anilines is 2. The molecule has 0 fully saturated rings. The van der Waals surface area contributed by atoms with Crippen LogP contribution in [0.25, 0.3) is 0 Å². The Kier molecular flexibility index (Phi) is 6.08. The first-order chi connectivity index (χ1) is 15.2. The van der Waals surface area contributed by atoms with Crippen molar-refractivity contribution in [1.82, 2.24) is 0 Å². The van der Waals surface area contributed by atoms with Crippen molar-refractivity contribution in [2.75, 3.05) is 23.7 Å². The van der Waals surface area contributed by atoms with E-state index in [4.69, 9.17) is 5.73 Å². The van der Waals surface area contributed by atoms with Crippen LogP contribution in [0, 0.1) is 0 Å². The number of hydrogen-bond acceptors (Lipinski definition) is 2. The number of hydrogen-bond donors (Lipinski definition) is 1. The average Bonchev–Trinajstić information content (AvgIpc) is 2.83. The minimum atomic E-state index is -0.459. The lowest BCUT2D eigenvalue weighted by atomic mass is 9.65. The van der Waals surface area contributed by atoms with Gasteiger partial charge in [-0.05, 0) is 60.4 Å².